The van der Waals surface area contributed by atoms with E-state index in [9.17, 15) is 4.79 Å². The summed E-state index contributed by atoms with van der Waals surface area (Å²) >= 11 is 0. The molecule has 1 aliphatic heterocycles. The van der Waals surface area contributed by atoms with E-state index in [1.54, 1.807) is 30.6 Å². The molecule has 0 unspecified atom stereocenters. The van der Waals surface area contributed by atoms with Crippen molar-refractivity contribution in [2.45, 2.75) is 25.9 Å². The zero-order valence-electron chi connectivity index (χ0n) is 12.5. The topological polar surface area (TPSA) is 68.2 Å². The van der Waals surface area contributed by atoms with Crippen molar-refractivity contribution in [1.29, 1.82) is 0 Å². The minimum Gasteiger partial charge on any atom is -0.474 e. The van der Waals surface area contributed by atoms with Crippen LogP contribution in [0.1, 0.15) is 29.2 Å². The zero-order chi connectivity index (χ0) is 15.4. The quantitative estimate of drug-likeness (QED) is 0.865. The summed E-state index contributed by atoms with van der Waals surface area (Å²) in [6, 6.07) is 7.14. The Labute approximate surface area is 129 Å². The van der Waals surface area contributed by atoms with Crippen molar-refractivity contribution in [3.05, 3.63) is 48.2 Å². The summed E-state index contributed by atoms with van der Waals surface area (Å²) in [5.74, 6) is 1.28. The predicted octanol–water partition coefficient (Wildman–Crippen LogP) is 1.86. The van der Waals surface area contributed by atoms with Crippen molar-refractivity contribution in [3.63, 3.8) is 0 Å². The number of carbonyl (C=O) groups is 1. The Hall–Kier alpha value is -2.50. The average molecular weight is 298 g/mol. The normalized spacial score (nSPS) is 15.6. The summed E-state index contributed by atoms with van der Waals surface area (Å²) in [5.41, 5.74) is 0.494. The van der Waals surface area contributed by atoms with Gasteiger partial charge in [-0.25, -0.2) is 4.98 Å². The number of ether oxygens (including phenoxy) is 1. The fourth-order valence-electron chi connectivity index (χ4n) is 2.50. The molecule has 1 fully saturated rings. The number of piperidine rings is 1. The van der Waals surface area contributed by atoms with Crippen molar-refractivity contribution in [3.8, 4) is 5.88 Å². The molecule has 1 aliphatic rings. The SMILES string of the molecule is Cc1nccc(OC2CCN(C(=O)c3ccccn3)CC2)n1. The van der Waals surface area contributed by atoms with E-state index >= 15 is 0 Å². The summed E-state index contributed by atoms with van der Waals surface area (Å²) < 4.78 is 5.87. The maximum Gasteiger partial charge on any atom is 0.272 e. The lowest BCUT2D eigenvalue weighted by Crippen LogP contribution is -2.42. The van der Waals surface area contributed by atoms with Crippen molar-refractivity contribution >= 4 is 5.91 Å². The van der Waals surface area contributed by atoms with Gasteiger partial charge in [0.1, 0.15) is 17.6 Å². The Bertz CT molecular complexity index is 640. The van der Waals surface area contributed by atoms with Crippen LogP contribution in [0.25, 0.3) is 0 Å². The highest BCUT2D eigenvalue weighted by Gasteiger charge is 2.25. The van der Waals surface area contributed by atoms with Crippen molar-refractivity contribution in [2.24, 2.45) is 0 Å². The average Bonchev–Trinajstić information content (AvgIpc) is 2.56. The van der Waals surface area contributed by atoms with Crippen LogP contribution in [0.15, 0.2) is 36.7 Å². The van der Waals surface area contributed by atoms with Gasteiger partial charge in [-0.2, -0.15) is 4.98 Å². The smallest absolute Gasteiger partial charge is 0.272 e. The van der Waals surface area contributed by atoms with Gasteiger partial charge < -0.3 is 9.64 Å². The fourth-order valence-corrected chi connectivity index (χ4v) is 2.50. The second-order valence-electron chi connectivity index (χ2n) is 5.27. The molecule has 0 bridgehead atoms. The molecule has 22 heavy (non-hydrogen) atoms. The van der Waals surface area contributed by atoms with Crippen LogP contribution in [0.3, 0.4) is 0 Å². The Morgan fingerprint density at radius 1 is 1.18 bits per heavy atom. The van der Waals surface area contributed by atoms with E-state index in [-0.39, 0.29) is 12.0 Å². The lowest BCUT2D eigenvalue weighted by Gasteiger charge is -2.31. The van der Waals surface area contributed by atoms with Crippen LogP contribution < -0.4 is 4.74 Å². The van der Waals surface area contributed by atoms with Gasteiger partial charge in [-0.3, -0.25) is 9.78 Å². The van der Waals surface area contributed by atoms with E-state index in [0.717, 1.165) is 12.8 Å². The molecule has 0 spiro atoms. The van der Waals surface area contributed by atoms with Gasteiger partial charge in [-0.1, -0.05) is 6.07 Å². The molecule has 1 saturated heterocycles. The molecule has 0 radical (unpaired) electrons. The number of hydrogen-bond acceptors (Lipinski definition) is 5. The first-order valence-corrected chi connectivity index (χ1v) is 7.39. The maximum atomic E-state index is 12.3. The fraction of sp³-hybridized carbons (Fsp3) is 0.375. The molecule has 3 heterocycles. The number of aromatic nitrogens is 3. The van der Waals surface area contributed by atoms with E-state index in [1.807, 2.05) is 17.9 Å². The standard InChI is InChI=1S/C16H18N4O2/c1-12-17-9-5-15(19-12)22-13-6-10-20(11-7-13)16(21)14-4-2-3-8-18-14/h2-5,8-9,13H,6-7,10-11H2,1H3. The molecule has 1 amide bonds. The van der Waals surface area contributed by atoms with Gasteiger partial charge >= 0.3 is 0 Å². The van der Waals surface area contributed by atoms with Crippen LogP contribution in [0.4, 0.5) is 0 Å². The summed E-state index contributed by atoms with van der Waals surface area (Å²) in [6.07, 6.45) is 5.00. The van der Waals surface area contributed by atoms with Gasteiger partial charge in [-0.15, -0.1) is 0 Å². The van der Waals surface area contributed by atoms with Gasteiger partial charge in [0.05, 0.1) is 0 Å². The Kier molecular flexibility index (Phi) is 4.27. The van der Waals surface area contributed by atoms with Crippen molar-refractivity contribution in [2.75, 3.05) is 13.1 Å². The van der Waals surface area contributed by atoms with Crippen LogP contribution in [0.2, 0.25) is 0 Å². The first kappa shape index (κ1) is 14.4. The van der Waals surface area contributed by atoms with E-state index in [0.29, 0.717) is 30.5 Å². The molecule has 6 nitrogen and oxygen atoms in total. The summed E-state index contributed by atoms with van der Waals surface area (Å²) in [5, 5.41) is 0. The molecule has 114 valence electrons. The van der Waals surface area contributed by atoms with Crippen LogP contribution in [0.5, 0.6) is 5.88 Å². The molecule has 0 N–H and O–H groups in total. The number of pyridine rings is 1. The Morgan fingerprint density at radius 3 is 2.68 bits per heavy atom. The second kappa shape index (κ2) is 6.51. The van der Waals surface area contributed by atoms with Gasteiger partial charge in [0, 0.05) is 44.4 Å². The van der Waals surface area contributed by atoms with Gasteiger partial charge in [0.15, 0.2) is 0 Å². The van der Waals surface area contributed by atoms with Crippen molar-refractivity contribution in [1.82, 2.24) is 19.9 Å². The van der Waals surface area contributed by atoms with E-state index < -0.39 is 0 Å². The molecule has 2 aromatic heterocycles. The largest absolute Gasteiger partial charge is 0.474 e. The number of rotatable bonds is 3. The van der Waals surface area contributed by atoms with E-state index in [4.69, 9.17) is 4.74 Å². The molecule has 0 aliphatic carbocycles. The highest BCUT2D eigenvalue weighted by atomic mass is 16.5. The second-order valence-corrected chi connectivity index (χ2v) is 5.27. The summed E-state index contributed by atoms with van der Waals surface area (Å²) in [7, 11) is 0. The highest BCUT2D eigenvalue weighted by Crippen LogP contribution is 2.18. The molecule has 3 rings (SSSR count). The number of aryl methyl sites for hydroxylation is 1. The highest BCUT2D eigenvalue weighted by molar-refractivity contribution is 5.92. The Balaban J connectivity index is 1.55. The van der Waals surface area contributed by atoms with E-state index in [2.05, 4.69) is 15.0 Å². The molecular weight excluding hydrogens is 280 g/mol. The minimum absolute atomic E-state index is 0.0167. The summed E-state index contributed by atoms with van der Waals surface area (Å²) in [6.45, 7) is 3.18. The van der Waals surface area contributed by atoms with Crippen molar-refractivity contribution < 1.29 is 9.53 Å². The number of hydrogen-bond donors (Lipinski definition) is 0. The van der Waals surface area contributed by atoms with Crippen LogP contribution in [0, 0.1) is 6.92 Å². The predicted molar refractivity (Wildman–Crippen MR) is 80.6 cm³/mol. The molecule has 0 aromatic carbocycles. The zero-order valence-corrected chi connectivity index (χ0v) is 12.5. The van der Waals surface area contributed by atoms with Gasteiger partial charge in [0.2, 0.25) is 5.88 Å². The molecule has 6 heteroatoms. The van der Waals surface area contributed by atoms with Gasteiger partial charge in [-0.05, 0) is 19.1 Å². The lowest BCUT2D eigenvalue weighted by atomic mass is 10.1. The molecule has 0 saturated carbocycles. The maximum absolute atomic E-state index is 12.3. The lowest BCUT2D eigenvalue weighted by molar-refractivity contribution is 0.0582. The Morgan fingerprint density at radius 2 is 2.00 bits per heavy atom. The van der Waals surface area contributed by atoms with Gasteiger partial charge in [0.25, 0.3) is 5.91 Å². The molecular formula is C16H18N4O2. The number of nitrogens with zero attached hydrogens (tertiary/aromatic N) is 4. The minimum atomic E-state index is -0.0167. The monoisotopic (exact) mass is 298 g/mol. The third kappa shape index (κ3) is 3.39. The van der Waals surface area contributed by atoms with Crippen LogP contribution in [-0.2, 0) is 0 Å². The number of likely N-dealkylation sites (tertiary alicyclic amines) is 1. The first-order chi connectivity index (χ1) is 10.7. The molecule has 0 atom stereocenters. The third-order valence-corrected chi connectivity index (χ3v) is 3.65. The first-order valence-electron chi connectivity index (χ1n) is 7.39. The molecule has 2 aromatic rings. The van der Waals surface area contributed by atoms with Crippen LogP contribution in [-0.4, -0.2) is 45.0 Å². The number of carbonyl (C=O) groups excluding carboxylic acids is 1. The van der Waals surface area contributed by atoms with Crippen LogP contribution >= 0.6 is 0 Å². The number of amides is 1. The van der Waals surface area contributed by atoms with E-state index in [1.165, 1.54) is 0 Å². The third-order valence-electron chi connectivity index (χ3n) is 3.65. The summed E-state index contributed by atoms with van der Waals surface area (Å²) in [4.78, 5) is 26.5.